The Kier molecular flexibility index (Phi) is 4.24. The van der Waals surface area contributed by atoms with Crippen molar-refractivity contribution in [1.82, 2.24) is 10.3 Å². The van der Waals surface area contributed by atoms with Crippen LogP contribution in [0, 0.1) is 6.92 Å². The smallest absolute Gasteiger partial charge is 0.175 e. The Morgan fingerprint density at radius 2 is 2.15 bits per heavy atom. The molecule has 1 N–H and O–H groups in total. The molecule has 1 aliphatic rings. The van der Waals surface area contributed by atoms with Gasteiger partial charge in [-0.3, -0.25) is 0 Å². The highest BCUT2D eigenvalue weighted by Crippen LogP contribution is 2.38. The number of nitrogens with zero attached hydrogens (tertiary/aromatic N) is 1. The van der Waals surface area contributed by atoms with Crippen LogP contribution in [0.2, 0.25) is 0 Å². The highest BCUT2D eigenvalue weighted by atomic mass is 79.9. The van der Waals surface area contributed by atoms with E-state index in [4.69, 9.17) is 9.47 Å². The third kappa shape index (κ3) is 3.13. The fourth-order valence-corrected chi connectivity index (χ4v) is 3.31. The van der Waals surface area contributed by atoms with Crippen molar-refractivity contribution >= 4 is 27.3 Å². The second kappa shape index (κ2) is 6.11. The van der Waals surface area contributed by atoms with Gasteiger partial charge in [0.15, 0.2) is 11.5 Å². The van der Waals surface area contributed by atoms with Crippen LogP contribution in [0.15, 0.2) is 22.0 Å². The third-order valence-electron chi connectivity index (χ3n) is 2.96. The van der Waals surface area contributed by atoms with Gasteiger partial charge in [0.2, 0.25) is 0 Å². The average molecular weight is 355 g/mol. The van der Waals surface area contributed by atoms with Crippen molar-refractivity contribution in [1.29, 1.82) is 0 Å². The molecule has 1 aromatic carbocycles. The van der Waals surface area contributed by atoms with Crippen molar-refractivity contribution in [3.8, 4) is 11.5 Å². The maximum Gasteiger partial charge on any atom is 0.175 e. The Morgan fingerprint density at radius 3 is 2.95 bits per heavy atom. The van der Waals surface area contributed by atoms with Gasteiger partial charge in [0.1, 0.15) is 13.2 Å². The molecule has 2 heterocycles. The fourth-order valence-electron chi connectivity index (χ4n) is 2.09. The second-order valence-corrected chi connectivity index (χ2v) is 6.48. The first-order valence-electron chi connectivity index (χ1n) is 6.42. The Bertz CT molecular complexity index is 615. The molecule has 0 fully saturated rings. The zero-order chi connectivity index (χ0) is 13.9. The van der Waals surface area contributed by atoms with E-state index in [1.54, 1.807) is 11.3 Å². The molecule has 0 atom stereocenters. The van der Waals surface area contributed by atoms with Gasteiger partial charge in [0.25, 0.3) is 0 Å². The SMILES string of the molecule is Cc1nc(CNCc2cc(Br)c3c(c2)OCCO3)cs1. The zero-order valence-electron chi connectivity index (χ0n) is 11.1. The van der Waals surface area contributed by atoms with Gasteiger partial charge in [0, 0.05) is 18.5 Å². The number of hydrogen-bond donors (Lipinski definition) is 1. The number of nitrogens with one attached hydrogen (secondary N) is 1. The number of rotatable bonds is 4. The quantitative estimate of drug-likeness (QED) is 0.914. The second-order valence-electron chi connectivity index (χ2n) is 4.56. The van der Waals surface area contributed by atoms with Gasteiger partial charge in [-0.1, -0.05) is 0 Å². The van der Waals surface area contributed by atoms with E-state index in [0.717, 1.165) is 45.3 Å². The number of hydrogen-bond acceptors (Lipinski definition) is 5. The number of ether oxygens (including phenoxy) is 2. The lowest BCUT2D eigenvalue weighted by Gasteiger charge is -2.20. The molecule has 0 saturated heterocycles. The Labute approximate surface area is 130 Å². The van der Waals surface area contributed by atoms with E-state index >= 15 is 0 Å². The molecule has 2 aromatic rings. The van der Waals surface area contributed by atoms with Gasteiger partial charge in [-0.2, -0.15) is 0 Å². The lowest BCUT2D eigenvalue weighted by Crippen LogP contribution is -2.17. The van der Waals surface area contributed by atoms with Gasteiger partial charge in [0.05, 0.1) is 15.2 Å². The molecule has 0 amide bonds. The summed E-state index contributed by atoms with van der Waals surface area (Å²) in [5.41, 5.74) is 2.25. The summed E-state index contributed by atoms with van der Waals surface area (Å²) >= 11 is 5.21. The lowest BCUT2D eigenvalue weighted by atomic mass is 10.2. The summed E-state index contributed by atoms with van der Waals surface area (Å²) in [5.74, 6) is 1.61. The van der Waals surface area contributed by atoms with Crippen LogP contribution in [-0.4, -0.2) is 18.2 Å². The topological polar surface area (TPSA) is 43.4 Å². The molecule has 1 aliphatic heterocycles. The van der Waals surface area contributed by atoms with E-state index < -0.39 is 0 Å². The number of halogens is 1. The van der Waals surface area contributed by atoms with Crippen molar-refractivity contribution in [3.05, 3.63) is 38.3 Å². The van der Waals surface area contributed by atoms with Crippen LogP contribution in [0.4, 0.5) is 0 Å². The normalized spacial score (nSPS) is 13.5. The summed E-state index contributed by atoms with van der Waals surface area (Å²) < 4.78 is 12.1. The molecule has 0 radical (unpaired) electrons. The fraction of sp³-hybridized carbons (Fsp3) is 0.357. The number of aromatic nitrogens is 1. The Balaban J connectivity index is 1.64. The summed E-state index contributed by atoms with van der Waals surface area (Å²) in [6, 6.07) is 4.09. The molecular weight excluding hydrogens is 340 g/mol. The van der Waals surface area contributed by atoms with E-state index in [2.05, 4.69) is 37.7 Å². The van der Waals surface area contributed by atoms with Gasteiger partial charge >= 0.3 is 0 Å². The van der Waals surface area contributed by atoms with E-state index in [9.17, 15) is 0 Å². The van der Waals surface area contributed by atoms with Gasteiger partial charge in [-0.05, 0) is 40.5 Å². The maximum atomic E-state index is 5.62. The van der Waals surface area contributed by atoms with Gasteiger partial charge in [-0.15, -0.1) is 11.3 Å². The minimum absolute atomic E-state index is 0.604. The molecule has 3 rings (SSSR count). The van der Waals surface area contributed by atoms with Crippen LogP contribution in [0.3, 0.4) is 0 Å². The summed E-state index contributed by atoms with van der Waals surface area (Å²) in [6.45, 7) is 4.77. The molecule has 6 heteroatoms. The highest BCUT2D eigenvalue weighted by Gasteiger charge is 2.16. The number of fused-ring (bicyclic) bond motifs is 1. The highest BCUT2D eigenvalue weighted by molar-refractivity contribution is 9.10. The van der Waals surface area contributed by atoms with E-state index in [1.807, 2.05) is 13.0 Å². The maximum absolute atomic E-state index is 5.62. The van der Waals surface area contributed by atoms with Crippen LogP contribution >= 0.6 is 27.3 Å². The van der Waals surface area contributed by atoms with Crippen molar-refractivity contribution in [2.45, 2.75) is 20.0 Å². The summed E-state index contributed by atoms with van der Waals surface area (Å²) in [6.07, 6.45) is 0. The molecule has 0 unspecified atom stereocenters. The Morgan fingerprint density at radius 1 is 1.30 bits per heavy atom. The molecule has 4 nitrogen and oxygen atoms in total. The van der Waals surface area contributed by atoms with E-state index in [-0.39, 0.29) is 0 Å². The standard InChI is InChI=1S/C14H15BrN2O2S/c1-9-17-11(8-20-9)7-16-6-10-4-12(15)14-13(5-10)18-2-3-19-14/h4-5,8,16H,2-3,6-7H2,1H3. The molecular formula is C14H15BrN2O2S. The predicted molar refractivity (Wildman–Crippen MR) is 82.5 cm³/mol. The van der Waals surface area contributed by atoms with Crippen LogP contribution in [0.25, 0.3) is 0 Å². The summed E-state index contributed by atoms with van der Waals surface area (Å²) in [4.78, 5) is 4.43. The van der Waals surface area contributed by atoms with Crippen LogP contribution < -0.4 is 14.8 Å². The summed E-state index contributed by atoms with van der Waals surface area (Å²) in [7, 11) is 0. The third-order valence-corrected chi connectivity index (χ3v) is 4.37. The van der Waals surface area contributed by atoms with E-state index in [0.29, 0.717) is 13.2 Å². The van der Waals surface area contributed by atoms with Crippen LogP contribution in [0.1, 0.15) is 16.3 Å². The molecule has 0 aliphatic carbocycles. The number of thiazole rings is 1. The summed E-state index contributed by atoms with van der Waals surface area (Å²) in [5, 5.41) is 6.58. The van der Waals surface area contributed by atoms with Crippen LogP contribution in [-0.2, 0) is 13.1 Å². The molecule has 1 aromatic heterocycles. The Hall–Kier alpha value is -1.11. The monoisotopic (exact) mass is 354 g/mol. The van der Waals surface area contributed by atoms with Crippen molar-refractivity contribution in [2.24, 2.45) is 0 Å². The predicted octanol–water partition coefficient (Wildman–Crippen LogP) is 3.28. The average Bonchev–Trinajstić information content (AvgIpc) is 2.85. The van der Waals surface area contributed by atoms with E-state index in [1.165, 1.54) is 0 Å². The minimum atomic E-state index is 0.604. The van der Waals surface area contributed by atoms with Crippen molar-refractivity contribution in [2.75, 3.05) is 13.2 Å². The first-order chi connectivity index (χ1) is 9.72. The van der Waals surface area contributed by atoms with Crippen molar-refractivity contribution in [3.63, 3.8) is 0 Å². The number of aryl methyl sites for hydroxylation is 1. The first kappa shape index (κ1) is 13.9. The molecule has 0 saturated carbocycles. The molecule has 0 spiro atoms. The van der Waals surface area contributed by atoms with Crippen LogP contribution in [0.5, 0.6) is 11.5 Å². The van der Waals surface area contributed by atoms with Gasteiger partial charge < -0.3 is 14.8 Å². The molecule has 106 valence electrons. The molecule has 0 bridgehead atoms. The van der Waals surface area contributed by atoms with Crippen molar-refractivity contribution < 1.29 is 9.47 Å². The molecule has 20 heavy (non-hydrogen) atoms. The number of benzene rings is 1. The first-order valence-corrected chi connectivity index (χ1v) is 8.09. The zero-order valence-corrected chi connectivity index (χ0v) is 13.5. The lowest BCUT2D eigenvalue weighted by molar-refractivity contribution is 0.170. The van der Waals surface area contributed by atoms with Gasteiger partial charge in [-0.25, -0.2) is 4.98 Å². The minimum Gasteiger partial charge on any atom is -0.486 e. The largest absolute Gasteiger partial charge is 0.486 e.